The molecule has 0 aliphatic carbocycles. The molecule has 0 spiro atoms. The summed E-state index contributed by atoms with van der Waals surface area (Å²) in [6, 6.07) is 114. The maximum atomic E-state index is 5.66. The van der Waals surface area contributed by atoms with Crippen LogP contribution < -0.4 is 0 Å². The van der Waals surface area contributed by atoms with Gasteiger partial charge in [0.25, 0.3) is 0 Å². The second-order valence-electron chi connectivity index (χ2n) is 22.8. The first-order valence-corrected chi connectivity index (χ1v) is 30.1. The fourth-order valence-corrected chi connectivity index (χ4v) is 14.2. The second-order valence-corrected chi connectivity index (χ2v) is 22.8. The average molecular weight is 1120 g/mol. The van der Waals surface area contributed by atoms with Crippen LogP contribution in [0.15, 0.2) is 315 Å². The van der Waals surface area contributed by atoms with E-state index >= 15 is 0 Å². The van der Waals surface area contributed by atoms with Crippen molar-refractivity contribution >= 4 is 87.2 Å². The van der Waals surface area contributed by atoms with Crippen molar-refractivity contribution in [2.45, 2.75) is 0 Å². The molecule has 88 heavy (non-hydrogen) atoms. The maximum absolute atomic E-state index is 5.66. The van der Waals surface area contributed by atoms with E-state index in [1.54, 1.807) is 0 Å². The second kappa shape index (κ2) is 19.9. The molecule has 0 unspecified atom stereocenters. The standard InChI is InChI=1S/C82H52N6/c1-4-23-53(24-5-1)60-31-10-11-32-63(60)73-52-72(83-82(84-73)88-77-44-19-15-36-67(77)71-51-55(46-48-79(71)88)62-38-22-40-69-65-34-13-18-43-76(65)87(81(62)69)58-28-8-3-9-29-58)56-25-20-30-59(49-56)85-74-41-16-14-35-66(74)70-50-54(45-47-78(70)85)61-37-21-39-68-64-33-12-17-42-75(64)86(80(61)68)57-26-6-2-7-27-57/h1-52H. The van der Waals surface area contributed by atoms with Gasteiger partial charge in [-0.05, 0) is 113 Å². The van der Waals surface area contributed by atoms with Gasteiger partial charge in [0.15, 0.2) is 0 Å². The Morgan fingerprint density at radius 2 is 0.568 bits per heavy atom. The summed E-state index contributed by atoms with van der Waals surface area (Å²) in [4.78, 5) is 11.3. The number of hydrogen-bond acceptors (Lipinski definition) is 2. The van der Waals surface area contributed by atoms with Crippen molar-refractivity contribution in [3.05, 3.63) is 315 Å². The number of hydrogen-bond donors (Lipinski definition) is 0. The van der Waals surface area contributed by atoms with Crippen molar-refractivity contribution in [1.29, 1.82) is 0 Å². The summed E-state index contributed by atoms with van der Waals surface area (Å²) in [5.74, 6) is 0.594. The number of nitrogens with zero attached hydrogens (tertiary/aromatic N) is 6. The van der Waals surface area contributed by atoms with E-state index in [2.05, 4.69) is 334 Å². The highest BCUT2D eigenvalue weighted by Crippen LogP contribution is 2.44. The molecule has 5 heterocycles. The molecule has 0 saturated heterocycles. The van der Waals surface area contributed by atoms with Crippen LogP contribution >= 0.6 is 0 Å². The highest BCUT2D eigenvalue weighted by atomic mass is 15.2. The summed E-state index contributed by atoms with van der Waals surface area (Å²) in [6.07, 6.45) is 0. The normalized spacial score (nSPS) is 11.9. The minimum atomic E-state index is 0.594. The lowest BCUT2D eigenvalue weighted by Gasteiger charge is -2.15. The molecular weight excluding hydrogens is 1070 g/mol. The molecule has 0 fully saturated rings. The molecule has 0 amide bonds. The topological polar surface area (TPSA) is 45.5 Å². The van der Waals surface area contributed by atoms with Gasteiger partial charge in [-0.15, -0.1) is 0 Å². The van der Waals surface area contributed by atoms with Crippen LogP contribution in [-0.4, -0.2) is 28.2 Å². The van der Waals surface area contributed by atoms with Crippen LogP contribution in [0.25, 0.3) is 166 Å². The van der Waals surface area contributed by atoms with Gasteiger partial charge in [0, 0.05) is 82.4 Å². The Kier molecular flexibility index (Phi) is 11.2. The number of aromatic nitrogens is 6. The minimum Gasteiger partial charge on any atom is -0.309 e. The quantitative estimate of drug-likeness (QED) is 0.145. The van der Waals surface area contributed by atoms with Crippen molar-refractivity contribution < 1.29 is 0 Å². The number of fused-ring (bicyclic) bond motifs is 12. The third-order valence-electron chi connectivity index (χ3n) is 18.0. The summed E-state index contributed by atoms with van der Waals surface area (Å²) < 4.78 is 9.53. The van der Waals surface area contributed by atoms with E-state index in [0.29, 0.717) is 5.95 Å². The fraction of sp³-hybridized carbons (Fsp3) is 0. The minimum absolute atomic E-state index is 0.594. The Balaban J connectivity index is 0.818. The van der Waals surface area contributed by atoms with Gasteiger partial charge in [0.1, 0.15) is 0 Å². The zero-order valence-electron chi connectivity index (χ0n) is 47.7. The van der Waals surface area contributed by atoms with E-state index in [4.69, 9.17) is 9.97 Å². The molecule has 0 bridgehead atoms. The first-order chi connectivity index (χ1) is 43.7. The van der Waals surface area contributed by atoms with Crippen molar-refractivity contribution in [3.63, 3.8) is 0 Å². The number of benzene rings is 13. The molecule has 0 atom stereocenters. The summed E-state index contributed by atoms with van der Waals surface area (Å²) >= 11 is 0. The SMILES string of the molecule is c1ccc(-c2ccccc2-c2cc(-c3cccc(-n4c5ccccc5c5cc(-c6cccc7c8ccccc8n(-c8ccccc8)c67)ccc54)c3)nc(-n3c4ccccc4c4cc(-c5cccc6c7ccccc7n(-c7ccccc7)c56)ccc43)n2)cc1. The molecule has 13 aromatic carbocycles. The molecule has 18 rings (SSSR count). The highest BCUT2D eigenvalue weighted by molar-refractivity contribution is 6.18. The molecule has 6 nitrogen and oxygen atoms in total. The first-order valence-electron chi connectivity index (χ1n) is 30.1. The maximum Gasteiger partial charge on any atom is 0.235 e. The van der Waals surface area contributed by atoms with E-state index in [0.717, 1.165) is 94.7 Å². The van der Waals surface area contributed by atoms with Crippen LogP contribution in [0, 0.1) is 0 Å². The lowest BCUT2D eigenvalue weighted by molar-refractivity contribution is 0.995. The van der Waals surface area contributed by atoms with Crippen LogP contribution in [0.4, 0.5) is 0 Å². The average Bonchev–Trinajstić information content (AvgIpc) is 2.02. The van der Waals surface area contributed by atoms with E-state index in [1.807, 2.05) is 0 Å². The molecule has 0 radical (unpaired) electrons. The van der Waals surface area contributed by atoms with E-state index in [1.165, 1.54) is 65.5 Å². The lowest BCUT2D eigenvalue weighted by atomic mass is 9.97. The molecule has 0 N–H and O–H groups in total. The lowest BCUT2D eigenvalue weighted by Crippen LogP contribution is -2.04. The Labute approximate surface area is 507 Å². The van der Waals surface area contributed by atoms with Crippen molar-refractivity contribution in [2.75, 3.05) is 0 Å². The van der Waals surface area contributed by atoms with Gasteiger partial charge in [-0.2, -0.15) is 0 Å². The van der Waals surface area contributed by atoms with Gasteiger partial charge in [0.2, 0.25) is 5.95 Å². The van der Waals surface area contributed by atoms with E-state index < -0.39 is 0 Å². The smallest absolute Gasteiger partial charge is 0.235 e. The van der Waals surface area contributed by atoms with Crippen LogP contribution in [0.5, 0.6) is 0 Å². The Bertz CT molecular complexity index is 5810. The third kappa shape index (κ3) is 7.69. The highest BCUT2D eigenvalue weighted by Gasteiger charge is 2.23. The van der Waals surface area contributed by atoms with Gasteiger partial charge < -0.3 is 13.7 Å². The van der Waals surface area contributed by atoms with E-state index in [-0.39, 0.29) is 0 Å². The molecule has 6 heteroatoms. The van der Waals surface area contributed by atoms with Gasteiger partial charge in [-0.1, -0.05) is 224 Å². The molecule has 5 aromatic heterocycles. The zero-order chi connectivity index (χ0) is 57.8. The zero-order valence-corrected chi connectivity index (χ0v) is 47.7. The summed E-state index contributed by atoms with van der Waals surface area (Å²) in [7, 11) is 0. The third-order valence-corrected chi connectivity index (χ3v) is 18.0. The Hall–Kier alpha value is -11.9. The number of para-hydroxylation sites is 8. The monoisotopic (exact) mass is 1120 g/mol. The molecule has 410 valence electrons. The van der Waals surface area contributed by atoms with Gasteiger partial charge in [-0.3, -0.25) is 4.57 Å². The van der Waals surface area contributed by atoms with Gasteiger partial charge in [0.05, 0.1) is 55.5 Å². The van der Waals surface area contributed by atoms with Crippen LogP contribution in [0.3, 0.4) is 0 Å². The molecular formula is C82H52N6. The van der Waals surface area contributed by atoms with Crippen LogP contribution in [0.1, 0.15) is 0 Å². The largest absolute Gasteiger partial charge is 0.309 e. The predicted octanol–water partition coefficient (Wildman–Crippen LogP) is 21.2. The fourth-order valence-electron chi connectivity index (χ4n) is 14.2. The molecule has 0 aliphatic rings. The summed E-state index contributed by atoms with van der Waals surface area (Å²) in [6.45, 7) is 0. The van der Waals surface area contributed by atoms with E-state index in [9.17, 15) is 0 Å². The van der Waals surface area contributed by atoms with Crippen molar-refractivity contribution in [1.82, 2.24) is 28.2 Å². The number of rotatable bonds is 9. The molecule has 0 saturated carbocycles. The molecule has 18 aromatic rings. The predicted molar refractivity (Wildman–Crippen MR) is 367 cm³/mol. The van der Waals surface area contributed by atoms with Crippen molar-refractivity contribution in [2.24, 2.45) is 0 Å². The van der Waals surface area contributed by atoms with Crippen LogP contribution in [0.2, 0.25) is 0 Å². The Morgan fingerprint density at radius 3 is 1.12 bits per heavy atom. The Morgan fingerprint density at radius 1 is 0.193 bits per heavy atom. The summed E-state index contributed by atoms with van der Waals surface area (Å²) in [5, 5.41) is 9.55. The van der Waals surface area contributed by atoms with Gasteiger partial charge >= 0.3 is 0 Å². The first kappa shape index (κ1) is 49.6. The van der Waals surface area contributed by atoms with Crippen molar-refractivity contribution in [3.8, 4) is 78.9 Å². The van der Waals surface area contributed by atoms with Gasteiger partial charge in [-0.25, -0.2) is 9.97 Å². The molecule has 0 aliphatic heterocycles. The van der Waals surface area contributed by atoms with Crippen LogP contribution in [-0.2, 0) is 0 Å². The summed E-state index contributed by atoms with van der Waals surface area (Å²) in [5.41, 5.74) is 22.9.